The summed E-state index contributed by atoms with van der Waals surface area (Å²) in [7, 11) is 2.14. The molecule has 2 aromatic rings. The first-order valence-electron chi connectivity index (χ1n) is 9.20. The third-order valence-corrected chi connectivity index (χ3v) is 4.83. The lowest BCUT2D eigenvalue weighted by Gasteiger charge is -2.38. The highest BCUT2D eigenvalue weighted by Crippen LogP contribution is 2.16. The van der Waals surface area contributed by atoms with Crippen LogP contribution >= 0.6 is 0 Å². The predicted molar refractivity (Wildman–Crippen MR) is 100 cm³/mol. The topological polar surface area (TPSA) is 74.5 Å². The van der Waals surface area contributed by atoms with E-state index in [4.69, 9.17) is 4.52 Å². The van der Waals surface area contributed by atoms with Gasteiger partial charge in [-0.25, -0.2) is 4.98 Å². The van der Waals surface area contributed by atoms with Crippen molar-refractivity contribution >= 4 is 11.7 Å². The van der Waals surface area contributed by atoms with Gasteiger partial charge >= 0.3 is 0 Å². The van der Waals surface area contributed by atoms with Gasteiger partial charge in [0, 0.05) is 37.9 Å². The van der Waals surface area contributed by atoms with Crippen LogP contribution in [0, 0.1) is 0 Å². The van der Waals surface area contributed by atoms with Gasteiger partial charge in [0.25, 0.3) is 5.91 Å². The molecule has 0 radical (unpaired) electrons. The Morgan fingerprint density at radius 3 is 2.92 bits per heavy atom. The van der Waals surface area contributed by atoms with Gasteiger partial charge in [-0.05, 0) is 32.5 Å². The van der Waals surface area contributed by atoms with Crippen LogP contribution in [0.5, 0.6) is 0 Å². The second-order valence-corrected chi connectivity index (χ2v) is 6.90. The highest BCUT2D eigenvalue weighted by atomic mass is 16.5. The van der Waals surface area contributed by atoms with Crippen molar-refractivity contribution < 1.29 is 9.32 Å². The number of rotatable bonds is 6. The molecule has 0 unspecified atom stereocenters. The molecule has 0 aliphatic carbocycles. The lowest BCUT2D eigenvalue weighted by molar-refractivity contribution is 0.0946. The van der Waals surface area contributed by atoms with Gasteiger partial charge in [-0.2, -0.15) is 0 Å². The summed E-state index contributed by atoms with van der Waals surface area (Å²) in [5.41, 5.74) is 1.47. The lowest BCUT2D eigenvalue weighted by Crippen LogP contribution is -2.50. The van der Waals surface area contributed by atoms with Crippen molar-refractivity contribution in [3.8, 4) is 0 Å². The van der Waals surface area contributed by atoms with Gasteiger partial charge < -0.3 is 19.6 Å². The number of nitrogens with zero attached hydrogens (tertiary/aromatic N) is 4. The molecule has 1 aliphatic rings. The van der Waals surface area contributed by atoms with Crippen molar-refractivity contribution in [3.63, 3.8) is 0 Å². The molecule has 1 N–H and O–H groups in total. The molecule has 0 saturated carbocycles. The lowest BCUT2D eigenvalue weighted by atomic mass is 10.2. The highest BCUT2D eigenvalue weighted by molar-refractivity contribution is 5.93. The summed E-state index contributed by atoms with van der Waals surface area (Å²) < 4.78 is 5.23. The molecular formula is C19H27N5O2. The van der Waals surface area contributed by atoms with Crippen LogP contribution < -0.4 is 10.2 Å². The Morgan fingerprint density at radius 2 is 2.23 bits per heavy atom. The standard InChI is InChI=1S/C19H27N5O2/c1-4-5-16-10-17(26-22-16)12-21-19(25)15-6-7-18(20-11-15)24-9-8-23(3)14(2)13-24/h6-7,10-11,14H,4-5,8-9,12-13H2,1-3H3,(H,21,25)/t14-/m0/s1. The highest BCUT2D eigenvalue weighted by Gasteiger charge is 2.21. The monoisotopic (exact) mass is 357 g/mol. The van der Waals surface area contributed by atoms with E-state index in [-0.39, 0.29) is 5.91 Å². The van der Waals surface area contributed by atoms with Crippen molar-refractivity contribution in [2.45, 2.75) is 39.3 Å². The van der Waals surface area contributed by atoms with E-state index < -0.39 is 0 Å². The van der Waals surface area contributed by atoms with Crippen LogP contribution in [0.15, 0.2) is 28.9 Å². The Bertz CT molecular complexity index is 728. The zero-order valence-electron chi connectivity index (χ0n) is 15.7. The van der Waals surface area contributed by atoms with Crippen LogP contribution in [0.2, 0.25) is 0 Å². The molecule has 1 atom stereocenters. The van der Waals surface area contributed by atoms with Gasteiger partial charge in [-0.3, -0.25) is 4.79 Å². The van der Waals surface area contributed by atoms with E-state index in [9.17, 15) is 4.79 Å². The van der Waals surface area contributed by atoms with Crippen molar-refractivity contribution in [3.05, 3.63) is 41.4 Å². The molecule has 0 bridgehead atoms. The number of aryl methyl sites for hydroxylation is 1. The molecule has 140 valence electrons. The Balaban J connectivity index is 1.55. The number of carbonyl (C=O) groups is 1. The summed E-state index contributed by atoms with van der Waals surface area (Å²) >= 11 is 0. The SMILES string of the molecule is CCCc1cc(CNC(=O)c2ccc(N3CCN(C)[C@@H](C)C3)nc2)on1. The smallest absolute Gasteiger partial charge is 0.253 e. The summed E-state index contributed by atoms with van der Waals surface area (Å²) in [5.74, 6) is 1.42. The number of piperazine rings is 1. The van der Waals surface area contributed by atoms with E-state index in [1.54, 1.807) is 6.20 Å². The summed E-state index contributed by atoms with van der Waals surface area (Å²) in [6, 6.07) is 6.12. The van der Waals surface area contributed by atoms with Crippen molar-refractivity contribution in [2.24, 2.45) is 0 Å². The molecule has 7 heteroatoms. The molecule has 3 heterocycles. The van der Waals surface area contributed by atoms with Gasteiger partial charge in [-0.15, -0.1) is 0 Å². The number of hydrogen-bond donors (Lipinski definition) is 1. The fourth-order valence-electron chi connectivity index (χ4n) is 3.05. The number of nitrogens with one attached hydrogen (secondary N) is 1. The van der Waals surface area contributed by atoms with Gasteiger partial charge in [-0.1, -0.05) is 18.5 Å². The summed E-state index contributed by atoms with van der Waals surface area (Å²) in [5, 5.41) is 6.83. The van der Waals surface area contributed by atoms with Gasteiger partial charge in [0.15, 0.2) is 5.76 Å². The summed E-state index contributed by atoms with van der Waals surface area (Å²) in [6.45, 7) is 7.54. The minimum absolute atomic E-state index is 0.163. The second-order valence-electron chi connectivity index (χ2n) is 6.90. The molecule has 1 amide bonds. The number of pyridine rings is 1. The van der Waals surface area contributed by atoms with Crippen molar-refractivity contribution in [1.82, 2.24) is 20.4 Å². The van der Waals surface area contributed by atoms with E-state index in [1.807, 2.05) is 18.2 Å². The first kappa shape index (κ1) is 18.4. The third-order valence-electron chi connectivity index (χ3n) is 4.83. The summed E-state index contributed by atoms with van der Waals surface area (Å²) in [4.78, 5) is 21.4. The fourth-order valence-corrected chi connectivity index (χ4v) is 3.05. The number of aromatic nitrogens is 2. The number of carbonyl (C=O) groups excluding carboxylic acids is 1. The molecule has 3 rings (SSSR count). The third kappa shape index (κ3) is 4.40. The predicted octanol–water partition coefficient (Wildman–Crippen LogP) is 2.09. The van der Waals surface area contributed by atoms with Crippen LogP contribution in [0.25, 0.3) is 0 Å². The molecule has 7 nitrogen and oxygen atoms in total. The first-order valence-corrected chi connectivity index (χ1v) is 9.20. The number of anilines is 1. The van der Waals surface area contributed by atoms with Crippen LogP contribution in [-0.2, 0) is 13.0 Å². The zero-order valence-corrected chi connectivity index (χ0v) is 15.7. The van der Waals surface area contributed by atoms with Crippen LogP contribution in [0.3, 0.4) is 0 Å². The van der Waals surface area contributed by atoms with Crippen molar-refractivity contribution in [2.75, 3.05) is 31.6 Å². The Kier molecular flexibility index (Phi) is 5.88. The van der Waals surface area contributed by atoms with Crippen LogP contribution in [0.4, 0.5) is 5.82 Å². The van der Waals surface area contributed by atoms with E-state index in [2.05, 4.69) is 46.2 Å². The molecule has 1 fully saturated rings. The Hall–Kier alpha value is -2.41. The van der Waals surface area contributed by atoms with Crippen LogP contribution in [0.1, 0.15) is 42.1 Å². The van der Waals surface area contributed by atoms with E-state index >= 15 is 0 Å². The van der Waals surface area contributed by atoms with Crippen LogP contribution in [-0.4, -0.2) is 53.7 Å². The maximum absolute atomic E-state index is 12.3. The molecule has 26 heavy (non-hydrogen) atoms. The van der Waals surface area contributed by atoms with Gasteiger partial charge in [0.2, 0.25) is 0 Å². The minimum atomic E-state index is -0.163. The quantitative estimate of drug-likeness (QED) is 0.853. The first-order chi connectivity index (χ1) is 12.6. The van der Waals surface area contributed by atoms with Crippen molar-refractivity contribution in [1.29, 1.82) is 0 Å². The molecule has 1 aliphatic heterocycles. The number of amides is 1. The Morgan fingerprint density at radius 1 is 1.38 bits per heavy atom. The zero-order chi connectivity index (χ0) is 18.5. The largest absolute Gasteiger partial charge is 0.359 e. The number of likely N-dealkylation sites (N-methyl/N-ethyl adjacent to an activating group) is 1. The second kappa shape index (κ2) is 8.31. The maximum Gasteiger partial charge on any atom is 0.253 e. The fraction of sp³-hybridized carbons (Fsp3) is 0.526. The molecule has 2 aromatic heterocycles. The average molecular weight is 357 g/mol. The normalized spacial score (nSPS) is 18.1. The molecule has 0 aromatic carbocycles. The van der Waals surface area contributed by atoms with Gasteiger partial charge in [0.05, 0.1) is 17.8 Å². The number of hydrogen-bond acceptors (Lipinski definition) is 6. The molecule has 0 spiro atoms. The van der Waals surface area contributed by atoms with E-state index in [0.29, 0.717) is 23.9 Å². The minimum Gasteiger partial charge on any atom is -0.359 e. The van der Waals surface area contributed by atoms with Gasteiger partial charge in [0.1, 0.15) is 5.82 Å². The average Bonchev–Trinajstić information content (AvgIpc) is 3.10. The molecule has 1 saturated heterocycles. The Labute approximate surface area is 154 Å². The summed E-state index contributed by atoms with van der Waals surface area (Å²) in [6.07, 6.45) is 3.53. The molecular weight excluding hydrogens is 330 g/mol. The van der Waals surface area contributed by atoms with E-state index in [0.717, 1.165) is 44.0 Å². The van der Waals surface area contributed by atoms with E-state index in [1.165, 1.54) is 0 Å². The maximum atomic E-state index is 12.3.